The molecule has 0 saturated carbocycles. The Labute approximate surface area is 90.9 Å². The predicted molar refractivity (Wildman–Crippen MR) is 52.9 cm³/mol. The first-order valence-corrected chi connectivity index (χ1v) is 4.54. The third kappa shape index (κ3) is 2.99. The summed E-state index contributed by atoms with van der Waals surface area (Å²) >= 11 is 0. The summed E-state index contributed by atoms with van der Waals surface area (Å²) < 4.78 is 0. The van der Waals surface area contributed by atoms with Crippen molar-refractivity contribution in [3.63, 3.8) is 0 Å². The molecule has 1 rings (SSSR count). The molecule has 0 unspecified atom stereocenters. The molecule has 16 heavy (non-hydrogen) atoms. The molecule has 0 radical (unpaired) electrons. The maximum Gasteiger partial charge on any atom is 0.356 e. The van der Waals surface area contributed by atoms with E-state index in [0.717, 1.165) is 0 Å². The number of carboxylic acids is 2. The molecule has 1 atom stereocenters. The maximum absolute atomic E-state index is 10.8. The topological polar surface area (TPSA) is 126 Å². The van der Waals surface area contributed by atoms with Gasteiger partial charge in [0, 0.05) is 12.4 Å². The molecule has 86 valence electrons. The van der Waals surface area contributed by atoms with Crippen LogP contribution in [-0.4, -0.2) is 38.2 Å². The molecular weight excluding hydrogens is 214 g/mol. The van der Waals surface area contributed by atoms with E-state index in [1.54, 1.807) is 0 Å². The van der Waals surface area contributed by atoms with Crippen molar-refractivity contribution in [2.24, 2.45) is 5.73 Å². The molecule has 0 aliphatic rings. The van der Waals surface area contributed by atoms with Crippen molar-refractivity contribution in [1.29, 1.82) is 0 Å². The first kappa shape index (κ1) is 12.1. The third-order valence-electron chi connectivity index (χ3n) is 1.99. The van der Waals surface area contributed by atoms with Crippen molar-refractivity contribution < 1.29 is 19.8 Å². The van der Waals surface area contributed by atoms with E-state index in [4.69, 9.17) is 15.9 Å². The van der Waals surface area contributed by atoms with Crippen LogP contribution in [0.5, 0.6) is 0 Å². The summed E-state index contributed by atoms with van der Waals surface area (Å²) in [5, 5.41) is 17.4. The summed E-state index contributed by atoms with van der Waals surface area (Å²) in [5.41, 5.74) is 5.37. The lowest BCUT2D eigenvalue weighted by atomic mass is 10.1. The highest BCUT2D eigenvalue weighted by Gasteiger charge is 2.16. The van der Waals surface area contributed by atoms with E-state index in [1.165, 1.54) is 12.4 Å². The van der Waals surface area contributed by atoms with Gasteiger partial charge in [-0.3, -0.25) is 9.78 Å². The Hall–Kier alpha value is -2.02. The van der Waals surface area contributed by atoms with Gasteiger partial charge in [-0.15, -0.1) is 0 Å². The fourth-order valence-corrected chi connectivity index (χ4v) is 1.14. The van der Waals surface area contributed by atoms with Crippen LogP contribution in [-0.2, 0) is 11.2 Å². The number of hydrogen-bond donors (Lipinski definition) is 3. The number of rotatable bonds is 5. The SMILES string of the molecule is N[C@@H](CCc1nccnc1C(=O)O)C(=O)O. The van der Waals surface area contributed by atoms with Gasteiger partial charge in [0.05, 0.1) is 5.69 Å². The van der Waals surface area contributed by atoms with E-state index in [2.05, 4.69) is 9.97 Å². The summed E-state index contributed by atoms with van der Waals surface area (Å²) in [6.07, 6.45) is 2.91. The van der Waals surface area contributed by atoms with E-state index < -0.39 is 18.0 Å². The summed E-state index contributed by atoms with van der Waals surface area (Å²) in [6.45, 7) is 0. The van der Waals surface area contributed by atoms with E-state index in [-0.39, 0.29) is 24.2 Å². The molecule has 1 aromatic heterocycles. The molecule has 0 fully saturated rings. The summed E-state index contributed by atoms with van der Waals surface area (Å²) in [4.78, 5) is 28.7. The van der Waals surface area contributed by atoms with Crippen molar-refractivity contribution >= 4 is 11.9 Å². The first-order chi connectivity index (χ1) is 7.52. The highest BCUT2D eigenvalue weighted by Crippen LogP contribution is 2.06. The number of nitrogens with zero attached hydrogens (tertiary/aromatic N) is 2. The molecule has 0 aromatic carbocycles. The van der Waals surface area contributed by atoms with Crippen molar-refractivity contribution in [3.05, 3.63) is 23.8 Å². The quantitative estimate of drug-likeness (QED) is 0.617. The molecule has 1 aromatic rings. The number of carboxylic acid groups (broad SMARTS) is 2. The second-order valence-corrected chi connectivity index (χ2v) is 3.14. The van der Waals surface area contributed by atoms with E-state index in [0.29, 0.717) is 0 Å². The van der Waals surface area contributed by atoms with Crippen molar-refractivity contribution in [1.82, 2.24) is 9.97 Å². The lowest BCUT2D eigenvalue weighted by Gasteiger charge is -2.06. The monoisotopic (exact) mass is 225 g/mol. The van der Waals surface area contributed by atoms with Crippen LogP contribution in [0.25, 0.3) is 0 Å². The summed E-state index contributed by atoms with van der Waals surface area (Å²) in [6, 6.07) is -1.02. The largest absolute Gasteiger partial charge is 0.480 e. The highest BCUT2D eigenvalue weighted by molar-refractivity contribution is 5.86. The fraction of sp³-hybridized carbons (Fsp3) is 0.333. The average Bonchev–Trinajstić information content (AvgIpc) is 2.25. The zero-order valence-electron chi connectivity index (χ0n) is 8.33. The number of aromatic nitrogens is 2. The van der Waals surface area contributed by atoms with Crippen LogP contribution in [0.1, 0.15) is 22.6 Å². The molecule has 0 amide bonds. The third-order valence-corrected chi connectivity index (χ3v) is 1.99. The molecule has 0 spiro atoms. The van der Waals surface area contributed by atoms with Gasteiger partial charge in [-0.1, -0.05) is 0 Å². The molecule has 0 bridgehead atoms. The average molecular weight is 225 g/mol. The van der Waals surface area contributed by atoms with Crippen molar-refractivity contribution in [2.45, 2.75) is 18.9 Å². The fourth-order valence-electron chi connectivity index (χ4n) is 1.14. The number of aryl methyl sites for hydroxylation is 1. The van der Waals surface area contributed by atoms with Crippen LogP contribution >= 0.6 is 0 Å². The maximum atomic E-state index is 10.8. The minimum atomic E-state index is -1.19. The van der Waals surface area contributed by atoms with E-state index in [1.807, 2.05) is 0 Å². The van der Waals surface area contributed by atoms with Gasteiger partial charge in [-0.05, 0) is 12.8 Å². The zero-order valence-corrected chi connectivity index (χ0v) is 8.33. The van der Waals surface area contributed by atoms with Crippen LogP contribution in [0.15, 0.2) is 12.4 Å². The van der Waals surface area contributed by atoms with E-state index >= 15 is 0 Å². The van der Waals surface area contributed by atoms with Gasteiger partial charge >= 0.3 is 11.9 Å². The minimum absolute atomic E-state index is 0.119. The lowest BCUT2D eigenvalue weighted by Crippen LogP contribution is -2.30. The van der Waals surface area contributed by atoms with Gasteiger partial charge in [0.25, 0.3) is 0 Å². The van der Waals surface area contributed by atoms with E-state index in [9.17, 15) is 9.59 Å². The second-order valence-electron chi connectivity index (χ2n) is 3.14. The molecule has 1 heterocycles. The van der Waals surface area contributed by atoms with Crippen LogP contribution in [0.3, 0.4) is 0 Å². The Kier molecular flexibility index (Phi) is 3.90. The Morgan fingerprint density at radius 1 is 1.31 bits per heavy atom. The zero-order chi connectivity index (χ0) is 12.1. The lowest BCUT2D eigenvalue weighted by molar-refractivity contribution is -0.138. The molecular formula is C9H11N3O4. The van der Waals surface area contributed by atoms with Gasteiger partial charge in [0.1, 0.15) is 6.04 Å². The Balaban J connectivity index is 2.74. The molecule has 4 N–H and O–H groups in total. The van der Waals surface area contributed by atoms with Crippen LogP contribution < -0.4 is 5.73 Å². The number of carbonyl (C=O) groups is 2. The smallest absolute Gasteiger partial charge is 0.356 e. The summed E-state index contributed by atoms with van der Waals surface area (Å²) in [5.74, 6) is -2.31. The molecule has 0 saturated heterocycles. The van der Waals surface area contributed by atoms with Crippen LogP contribution in [0.2, 0.25) is 0 Å². The van der Waals surface area contributed by atoms with Crippen LogP contribution in [0.4, 0.5) is 0 Å². The number of hydrogen-bond acceptors (Lipinski definition) is 5. The standard InChI is InChI=1S/C9H11N3O4/c10-5(8(13)14)1-2-6-7(9(15)16)12-4-3-11-6/h3-5H,1-2,10H2,(H,13,14)(H,15,16)/t5-/m0/s1. The Morgan fingerprint density at radius 2 is 1.94 bits per heavy atom. The Bertz CT molecular complexity index is 407. The second kappa shape index (κ2) is 5.17. The van der Waals surface area contributed by atoms with Gasteiger partial charge < -0.3 is 15.9 Å². The van der Waals surface area contributed by atoms with Crippen molar-refractivity contribution in [3.8, 4) is 0 Å². The van der Waals surface area contributed by atoms with Crippen molar-refractivity contribution in [2.75, 3.05) is 0 Å². The predicted octanol–water partition coefficient (Wildman–Crippen LogP) is -0.481. The minimum Gasteiger partial charge on any atom is -0.480 e. The van der Waals surface area contributed by atoms with Gasteiger partial charge in [0.15, 0.2) is 5.69 Å². The highest BCUT2D eigenvalue weighted by atomic mass is 16.4. The normalized spacial score (nSPS) is 12.1. The summed E-state index contributed by atoms with van der Waals surface area (Å²) in [7, 11) is 0. The molecule has 0 aliphatic carbocycles. The Morgan fingerprint density at radius 3 is 2.50 bits per heavy atom. The molecule has 7 nitrogen and oxygen atoms in total. The van der Waals surface area contributed by atoms with Gasteiger partial charge in [-0.2, -0.15) is 0 Å². The molecule has 7 heteroatoms. The van der Waals surface area contributed by atoms with Gasteiger partial charge in [-0.25, -0.2) is 9.78 Å². The number of aromatic carboxylic acids is 1. The van der Waals surface area contributed by atoms with Crippen LogP contribution in [0, 0.1) is 0 Å². The molecule has 0 aliphatic heterocycles. The first-order valence-electron chi connectivity index (χ1n) is 4.54. The number of nitrogens with two attached hydrogens (primary N) is 1. The van der Waals surface area contributed by atoms with Gasteiger partial charge in [0.2, 0.25) is 0 Å². The number of aliphatic carboxylic acids is 1.